The molecule has 1 aromatic heterocycles. The van der Waals surface area contributed by atoms with E-state index in [4.69, 9.17) is 16.0 Å². The first kappa shape index (κ1) is 19.5. The Labute approximate surface area is 167 Å². The van der Waals surface area contributed by atoms with Gasteiger partial charge in [-0.1, -0.05) is 61.5 Å². The Morgan fingerprint density at radius 2 is 1.81 bits per heavy atom. The molecule has 0 saturated heterocycles. The zero-order chi connectivity index (χ0) is 19.2. The van der Waals surface area contributed by atoms with Gasteiger partial charge in [-0.2, -0.15) is 0 Å². The van der Waals surface area contributed by atoms with Crippen molar-refractivity contribution < 1.29 is 9.21 Å². The molecule has 0 spiro atoms. The summed E-state index contributed by atoms with van der Waals surface area (Å²) in [6, 6.07) is 13.3. The molecule has 0 bridgehead atoms. The van der Waals surface area contributed by atoms with Crippen LogP contribution in [-0.4, -0.2) is 21.9 Å². The second-order valence-corrected chi connectivity index (χ2v) is 7.24. The number of rotatable bonds is 7. The Balaban J connectivity index is 1.64. The van der Waals surface area contributed by atoms with Crippen molar-refractivity contribution >= 4 is 35.0 Å². The summed E-state index contributed by atoms with van der Waals surface area (Å²) in [6.07, 6.45) is 1.73. The van der Waals surface area contributed by atoms with Crippen molar-refractivity contribution in [1.29, 1.82) is 0 Å². The molecule has 27 heavy (non-hydrogen) atoms. The molecule has 0 fully saturated rings. The van der Waals surface area contributed by atoms with Gasteiger partial charge < -0.3 is 9.73 Å². The lowest BCUT2D eigenvalue weighted by molar-refractivity contribution is -0.113. The van der Waals surface area contributed by atoms with Gasteiger partial charge in [0.25, 0.3) is 5.22 Å². The fourth-order valence-electron chi connectivity index (χ4n) is 2.71. The Hall–Kier alpha value is -2.31. The summed E-state index contributed by atoms with van der Waals surface area (Å²) >= 11 is 7.19. The zero-order valence-corrected chi connectivity index (χ0v) is 16.7. The minimum Gasteiger partial charge on any atom is -0.411 e. The van der Waals surface area contributed by atoms with Crippen molar-refractivity contribution in [3.8, 4) is 11.5 Å². The number of thioether (sulfide) groups is 1. The van der Waals surface area contributed by atoms with Crippen LogP contribution in [0.5, 0.6) is 0 Å². The van der Waals surface area contributed by atoms with E-state index in [1.54, 1.807) is 12.1 Å². The van der Waals surface area contributed by atoms with Crippen LogP contribution in [0.3, 0.4) is 0 Å². The van der Waals surface area contributed by atoms with E-state index < -0.39 is 0 Å². The summed E-state index contributed by atoms with van der Waals surface area (Å²) in [5, 5.41) is 12.0. The van der Waals surface area contributed by atoms with Gasteiger partial charge in [0.15, 0.2) is 0 Å². The first-order valence-corrected chi connectivity index (χ1v) is 10.1. The SMILES string of the molecule is CCc1cccc(CC)c1NC(=O)CSc1nnc(-c2cccc(Cl)c2)o1. The lowest BCUT2D eigenvalue weighted by Gasteiger charge is -2.13. The number of hydrogen-bond donors (Lipinski definition) is 1. The largest absolute Gasteiger partial charge is 0.411 e. The maximum Gasteiger partial charge on any atom is 0.277 e. The van der Waals surface area contributed by atoms with E-state index in [-0.39, 0.29) is 11.7 Å². The van der Waals surface area contributed by atoms with E-state index >= 15 is 0 Å². The fraction of sp³-hybridized carbons (Fsp3) is 0.250. The number of nitrogens with one attached hydrogen (secondary N) is 1. The molecule has 0 unspecified atom stereocenters. The maximum absolute atomic E-state index is 12.4. The Kier molecular flexibility index (Phi) is 6.53. The van der Waals surface area contributed by atoms with E-state index in [0.29, 0.717) is 16.1 Å². The fourth-order valence-corrected chi connectivity index (χ4v) is 3.47. The molecular formula is C20H20ClN3O2S. The standard InChI is InChI=1S/C20H20ClN3O2S/c1-3-13-7-5-8-14(4-2)18(13)22-17(25)12-27-20-24-23-19(26-20)15-9-6-10-16(21)11-15/h5-11H,3-4,12H2,1-2H3,(H,22,25). The van der Waals surface area contributed by atoms with Gasteiger partial charge >= 0.3 is 0 Å². The zero-order valence-electron chi connectivity index (χ0n) is 15.2. The number of para-hydroxylation sites is 1. The van der Waals surface area contributed by atoms with Crippen molar-refractivity contribution in [2.45, 2.75) is 31.9 Å². The molecule has 1 heterocycles. The molecule has 7 heteroatoms. The van der Waals surface area contributed by atoms with Gasteiger partial charge in [0.1, 0.15) is 0 Å². The summed E-state index contributed by atoms with van der Waals surface area (Å²) < 4.78 is 5.62. The number of halogens is 1. The molecule has 0 aliphatic heterocycles. The molecule has 0 saturated carbocycles. The normalized spacial score (nSPS) is 10.8. The third-order valence-corrected chi connectivity index (χ3v) is 5.12. The molecule has 0 aliphatic rings. The highest BCUT2D eigenvalue weighted by atomic mass is 35.5. The lowest BCUT2D eigenvalue weighted by Crippen LogP contribution is -2.16. The second-order valence-electron chi connectivity index (χ2n) is 5.88. The van der Waals surface area contributed by atoms with Crippen molar-refractivity contribution in [1.82, 2.24) is 10.2 Å². The summed E-state index contributed by atoms with van der Waals surface area (Å²) in [5.74, 6) is 0.473. The first-order chi connectivity index (χ1) is 13.1. The molecule has 3 rings (SSSR count). The minimum atomic E-state index is -0.0990. The molecule has 140 valence electrons. The van der Waals surface area contributed by atoms with Gasteiger partial charge in [-0.3, -0.25) is 4.79 Å². The molecule has 1 N–H and O–H groups in total. The molecule has 0 atom stereocenters. The molecule has 5 nitrogen and oxygen atoms in total. The van der Waals surface area contributed by atoms with E-state index in [0.717, 1.165) is 35.2 Å². The molecular weight excluding hydrogens is 382 g/mol. The molecule has 2 aromatic carbocycles. The van der Waals surface area contributed by atoms with Crippen molar-refractivity contribution in [3.05, 3.63) is 58.6 Å². The molecule has 1 amide bonds. The predicted octanol–water partition coefficient (Wildman–Crippen LogP) is 5.25. The molecule has 0 radical (unpaired) electrons. The predicted molar refractivity (Wildman–Crippen MR) is 109 cm³/mol. The van der Waals surface area contributed by atoms with Crippen molar-refractivity contribution in [2.75, 3.05) is 11.1 Å². The summed E-state index contributed by atoms with van der Waals surface area (Å²) in [4.78, 5) is 12.4. The number of aromatic nitrogens is 2. The number of amides is 1. The first-order valence-electron chi connectivity index (χ1n) is 8.73. The monoisotopic (exact) mass is 401 g/mol. The number of benzene rings is 2. The quantitative estimate of drug-likeness (QED) is 0.548. The Bertz CT molecular complexity index is 920. The summed E-state index contributed by atoms with van der Waals surface area (Å²) in [6.45, 7) is 4.16. The Morgan fingerprint density at radius 3 is 2.48 bits per heavy atom. The van der Waals surface area contributed by atoms with E-state index in [1.165, 1.54) is 11.8 Å². The van der Waals surface area contributed by atoms with Gasteiger partial charge in [0.2, 0.25) is 11.8 Å². The van der Waals surface area contributed by atoms with Crippen LogP contribution in [0.1, 0.15) is 25.0 Å². The third kappa shape index (κ3) is 4.90. The highest BCUT2D eigenvalue weighted by Gasteiger charge is 2.14. The topological polar surface area (TPSA) is 68.0 Å². The van der Waals surface area contributed by atoms with E-state index in [2.05, 4.69) is 29.4 Å². The maximum atomic E-state index is 12.4. The van der Waals surface area contributed by atoms with Gasteiger partial charge in [-0.15, -0.1) is 10.2 Å². The number of anilines is 1. The lowest BCUT2D eigenvalue weighted by atomic mass is 10.0. The highest BCUT2D eigenvalue weighted by molar-refractivity contribution is 7.99. The summed E-state index contributed by atoms with van der Waals surface area (Å²) in [5.41, 5.74) is 3.93. The Morgan fingerprint density at radius 1 is 1.11 bits per heavy atom. The average Bonchev–Trinajstić information content (AvgIpc) is 3.15. The van der Waals surface area contributed by atoms with Crippen molar-refractivity contribution in [2.24, 2.45) is 0 Å². The molecule has 0 aliphatic carbocycles. The molecule has 3 aromatic rings. The van der Waals surface area contributed by atoms with Crippen LogP contribution in [0, 0.1) is 0 Å². The van der Waals surface area contributed by atoms with Crippen LogP contribution in [-0.2, 0) is 17.6 Å². The van der Waals surface area contributed by atoms with Crippen LogP contribution < -0.4 is 5.32 Å². The van der Waals surface area contributed by atoms with Gasteiger partial charge in [-0.05, 0) is 42.2 Å². The van der Waals surface area contributed by atoms with Gasteiger partial charge in [0, 0.05) is 16.3 Å². The number of aryl methyl sites for hydroxylation is 2. The van der Waals surface area contributed by atoms with Crippen molar-refractivity contribution in [3.63, 3.8) is 0 Å². The highest BCUT2D eigenvalue weighted by Crippen LogP contribution is 2.26. The van der Waals surface area contributed by atoms with Crippen LogP contribution in [0.2, 0.25) is 5.02 Å². The van der Waals surface area contributed by atoms with E-state index in [9.17, 15) is 4.79 Å². The number of hydrogen-bond acceptors (Lipinski definition) is 5. The average molecular weight is 402 g/mol. The smallest absolute Gasteiger partial charge is 0.277 e. The number of carbonyl (C=O) groups is 1. The third-order valence-electron chi connectivity index (χ3n) is 4.07. The van der Waals surface area contributed by atoms with Crippen LogP contribution in [0.25, 0.3) is 11.5 Å². The van der Waals surface area contributed by atoms with Crippen LogP contribution in [0.15, 0.2) is 52.1 Å². The number of nitrogens with zero attached hydrogens (tertiary/aromatic N) is 2. The van der Waals surface area contributed by atoms with E-state index in [1.807, 2.05) is 30.3 Å². The van der Waals surface area contributed by atoms with Crippen LogP contribution in [0.4, 0.5) is 5.69 Å². The summed E-state index contributed by atoms with van der Waals surface area (Å²) in [7, 11) is 0. The number of carbonyl (C=O) groups excluding carboxylic acids is 1. The van der Waals surface area contributed by atoms with Gasteiger partial charge in [-0.25, -0.2) is 0 Å². The van der Waals surface area contributed by atoms with Crippen LogP contribution >= 0.6 is 23.4 Å². The minimum absolute atomic E-state index is 0.0990. The second kappa shape index (κ2) is 9.06. The van der Waals surface area contributed by atoms with Gasteiger partial charge in [0.05, 0.1) is 5.75 Å².